The van der Waals surface area contributed by atoms with Gasteiger partial charge in [-0.1, -0.05) is 6.07 Å². The fraction of sp³-hybridized carbons (Fsp3) is 0.435. The molecule has 30 heavy (non-hydrogen) atoms. The number of fused-ring (bicyclic) bond motifs is 1. The molecular weight excluding hydrogens is 384 g/mol. The zero-order valence-electron chi connectivity index (χ0n) is 17.5. The average molecular weight is 412 g/mol. The van der Waals surface area contributed by atoms with E-state index in [0.717, 1.165) is 42.9 Å². The van der Waals surface area contributed by atoms with E-state index in [1.807, 2.05) is 12.1 Å². The molecule has 2 heterocycles. The Kier molecular flexibility index (Phi) is 6.28. The summed E-state index contributed by atoms with van der Waals surface area (Å²) in [6.07, 6.45) is 2.96. The van der Waals surface area contributed by atoms with Crippen LogP contribution in [-0.2, 0) is 4.79 Å². The molecule has 2 aromatic carbocycles. The average Bonchev–Trinajstić information content (AvgIpc) is 3.08. The highest BCUT2D eigenvalue weighted by atomic mass is 16.5. The van der Waals surface area contributed by atoms with Crippen LogP contribution in [0.25, 0.3) is 0 Å². The molecule has 160 valence electrons. The van der Waals surface area contributed by atoms with Crippen molar-refractivity contribution in [3.8, 4) is 23.0 Å². The van der Waals surface area contributed by atoms with Gasteiger partial charge in [0.15, 0.2) is 23.0 Å². The largest absolute Gasteiger partial charge is 0.493 e. The molecule has 1 saturated heterocycles. The van der Waals surface area contributed by atoms with Gasteiger partial charge in [0.1, 0.15) is 0 Å². The lowest BCUT2D eigenvalue weighted by atomic mass is 10.0. The number of hydrogen-bond acceptors (Lipinski definition) is 6. The van der Waals surface area contributed by atoms with Crippen molar-refractivity contribution in [3.05, 3.63) is 42.0 Å². The number of benzene rings is 2. The standard InChI is InChI=1S/C23H28N2O5/c1-27-19-9-7-17(14-21(19)28-2)24-23(26)15-25-10-3-5-18(25)16-6-8-20-22(13-16)30-12-4-11-29-20/h6-9,13-14,18H,3-5,10-12,15H2,1-2H3,(H,24,26)/t18-/m1/s1. The Morgan fingerprint density at radius 3 is 2.63 bits per heavy atom. The quantitative estimate of drug-likeness (QED) is 0.781. The number of ether oxygens (including phenoxy) is 4. The van der Waals surface area contributed by atoms with E-state index < -0.39 is 0 Å². The lowest BCUT2D eigenvalue weighted by Crippen LogP contribution is -2.33. The molecule has 0 unspecified atom stereocenters. The van der Waals surface area contributed by atoms with E-state index in [9.17, 15) is 4.79 Å². The van der Waals surface area contributed by atoms with E-state index in [4.69, 9.17) is 18.9 Å². The van der Waals surface area contributed by atoms with Crippen molar-refractivity contribution in [2.45, 2.75) is 25.3 Å². The smallest absolute Gasteiger partial charge is 0.238 e. The third kappa shape index (κ3) is 4.46. The van der Waals surface area contributed by atoms with E-state index in [-0.39, 0.29) is 11.9 Å². The summed E-state index contributed by atoms with van der Waals surface area (Å²) in [5, 5.41) is 2.96. The minimum Gasteiger partial charge on any atom is -0.493 e. The van der Waals surface area contributed by atoms with Crippen LogP contribution in [0.1, 0.15) is 30.9 Å². The Balaban J connectivity index is 1.43. The van der Waals surface area contributed by atoms with Gasteiger partial charge in [-0.15, -0.1) is 0 Å². The Bertz CT molecular complexity index is 901. The van der Waals surface area contributed by atoms with Gasteiger partial charge in [-0.2, -0.15) is 0 Å². The lowest BCUT2D eigenvalue weighted by molar-refractivity contribution is -0.117. The molecule has 7 nitrogen and oxygen atoms in total. The molecule has 2 aliphatic heterocycles. The second-order valence-corrected chi connectivity index (χ2v) is 7.50. The number of carbonyl (C=O) groups is 1. The molecular formula is C23H28N2O5. The summed E-state index contributed by atoms with van der Waals surface area (Å²) in [6, 6.07) is 11.7. The minimum atomic E-state index is -0.0523. The fourth-order valence-corrected chi connectivity index (χ4v) is 4.08. The van der Waals surface area contributed by atoms with Crippen molar-refractivity contribution in [2.24, 2.45) is 0 Å². The maximum atomic E-state index is 12.7. The van der Waals surface area contributed by atoms with E-state index in [2.05, 4.69) is 22.3 Å². The molecule has 0 spiro atoms. The summed E-state index contributed by atoms with van der Waals surface area (Å²) in [6.45, 7) is 2.56. The summed E-state index contributed by atoms with van der Waals surface area (Å²) >= 11 is 0. The molecule has 0 aromatic heterocycles. The number of hydrogen-bond donors (Lipinski definition) is 1. The SMILES string of the molecule is COc1ccc(NC(=O)CN2CCC[C@@H]2c2ccc3c(c2)OCCCO3)cc1OC. The molecule has 0 bridgehead atoms. The second-order valence-electron chi connectivity index (χ2n) is 7.50. The van der Waals surface area contributed by atoms with Gasteiger partial charge < -0.3 is 24.3 Å². The number of anilines is 1. The molecule has 4 rings (SSSR count). The number of carbonyl (C=O) groups excluding carboxylic acids is 1. The predicted molar refractivity (Wildman–Crippen MR) is 114 cm³/mol. The summed E-state index contributed by atoms with van der Waals surface area (Å²) in [5.41, 5.74) is 1.85. The molecule has 0 radical (unpaired) electrons. The Morgan fingerprint density at radius 2 is 1.83 bits per heavy atom. The molecule has 1 N–H and O–H groups in total. The summed E-state index contributed by atoms with van der Waals surface area (Å²) in [5.74, 6) is 2.76. The van der Waals surface area contributed by atoms with Gasteiger partial charge in [-0.3, -0.25) is 9.69 Å². The van der Waals surface area contributed by atoms with E-state index in [1.165, 1.54) is 0 Å². The van der Waals surface area contributed by atoms with Crippen molar-refractivity contribution in [1.29, 1.82) is 0 Å². The second kappa shape index (κ2) is 9.26. The molecule has 1 amide bonds. The van der Waals surface area contributed by atoms with Gasteiger partial charge in [0, 0.05) is 24.2 Å². The fourth-order valence-electron chi connectivity index (χ4n) is 4.08. The maximum absolute atomic E-state index is 12.7. The van der Waals surface area contributed by atoms with Gasteiger partial charge in [0.25, 0.3) is 0 Å². The van der Waals surface area contributed by atoms with Crippen LogP contribution in [0.4, 0.5) is 5.69 Å². The van der Waals surface area contributed by atoms with Gasteiger partial charge in [0.2, 0.25) is 5.91 Å². The number of methoxy groups -OCH3 is 2. The monoisotopic (exact) mass is 412 g/mol. The molecule has 1 fully saturated rings. The van der Waals surface area contributed by atoms with Crippen LogP contribution in [0.15, 0.2) is 36.4 Å². The third-order valence-electron chi connectivity index (χ3n) is 5.53. The molecule has 2 aromatic rings. The molecule has 1 atom stereocenters. The summed E-state index contributed by atoms with van der Waals surface area (Å²) < 4.78 is 22.1. The first-order valence-electron chi connectivity index (χ1n) is 10.3. The number of nitrogens with zero attached hydrogens (tertiary/aromatic N) is 1. The van der Waals surface area contributed by atoms with Gasteiger partial charge in [-0.05, 0) is 49.2 Å². The number of rotatable bonds is 6. The minimum absolute atomic E-state index is 0.0523. The van der Waals surface area contributed by atoms with Crippen LogP contribution in [-0.4, -0.2) is 51.3 Å². The Labute approximate surface area is 176 Å². The molecule has 7 heteroatoms. The lowest BCUT2D eigenvalue weighted by Gasteiger charge is -2.25. The highest BCUT2D eigenvalue weighted by Gasteiger charge is 2.28. The predicted octanol–water partition coefficient (Wildman–Crippen LogP) is 3.64. The summed E-state index contributed by atoms with van der Waals surface area (Å²) in [4.78, 5) is 14.9. The third-order valence-corrected chi connectivity index (χ3v) is 5.53. The first-order chi connectivity index (χ1) is 14.7. The van der Waals surface area contributed by atoms with Crippen molar-refractivity contribution in [2.75, 3.05) is 45.8 Å². The zero-order valence-corrected chi connectivity index (χ0v) is 17.5. The summed E-state index contributed by atoms with van der Waals surface area (Å²) in [7, 11) is 3.16. The van der Waals surface area contributed by atoms with Crippen LogP contribution in [0, 0.1) is 0 Å². The van der Waals surface area contributed by atoms with Crippen LogP contribution in [0.2, 0.25) is 0 Å². The Hall–Kier alpha value is -2.93. The first kappa shape index (κ1) is 20.3. The van der Waals surface area contributed by atoms with Crippen LogP contribution >= 0.6 is 0 Å². The highest BCUT2D eigenvalue weighted by molar-refractivity contribution is 5.92. The highest BCUT2D eigenvalue weighted by Crippen LogP contribution is 2.38. The first-order valence-corrected chi connectivity index (χ1v) is 10.3. The van der Waals surface area contributed by atoms with Crippen molar-refractivity contribution >= 4 is 11.6 Å². The van der Waals surface area contributed by atoms with Gasteiger partial charge in [-0.25, -0.2) is 0 Å². The van der Waals surface area contributed by atoms with Crippen molar-refractivity contribution in [3.63, 3.8) is 0 Å². The van der Waals surface area contributed by atoms with E-state index in [1.54, 1.807) is 26.4 Å². The zero-order chi connectivity index (χ0) is 20.9. The maximum Gasteiger partial charge on any atom is 0.238 e. The molecule has 2 aliphatic rings. The van der Waals surface area contributed by atoms with Crippen LogP contribution in [0.5, 0.6) is 23.0 Å². The van der Waals surface area contributed by atoms with Crippen LogP contribution < -0.4 is 24.3 Å². The molecule has 0 aliphatic carbocycles. The van der Waals surface area contributed by atoms with Crippen LogP contribution in [0.3, 0.4) is 0 Å². The van der Waals surface area contributed by atoms with Crippen molar-refractivity contribution in [1.82, 2.24) is 4.90 Å². The number of likely N-dealkylation sites (tertiary alicyclic amines) is 1. The molecule has 0 saturated carbocycles. The van der Waals surface area contributed by atoms with E-state index >= 15 is 0 Å². The van der Waals surface area contributed by atoms with E-state index in [0.29, 0.717) is 36.9 Å². The van der Waals surface area contributed by atoms with Gasteiger partial charge in [0.05, 0.1) is 34.0 Å². The van der Waals surface area contributed by atoms with Gasteiger partial charge >= 0.3 is 0 Å². The number of amides is 1. The Morgan fingerprint density at radius 1 is 1.03 bits per heavy atom. The number of nitrogens with one attached hydrogen (secondary N) is 1. The normalized spacial score (nSPS) is 18.5. The van der Waals surface area contributed by atoms with Crippen molar-refractivity contribution < 1.29 is 23.7 Å². The topological polar surface area (TPSA) is 69.3 Å².